The van der Waals surface area contributed by atoms with E-state index in [2.05, 4.69) is 53.7 Å². The molecule has 0 heterocycles. The highest BCUT2D eigenvalue weighted by atomic mass is 14.1. The molecule has 0 bridgehead atoms. The fourth-order valence-corrected chi connectivity index (χ4v) is 0.874. The van der Waals surface area contributed by atoms with Crippen LogP contribution in [-0.4, -0.2) is 0 Å². The van der Waals surface area contributed by atoms with Gasteiger partial charge in [-0.1, -0.05) is 53.7 Å². The van der Waals surface area contributed by atoms with E-state index in [1.54, 1.807) is 0 Å². The molecule has 0 radical (unpaired) electrons. The van der Waals surface area contributed by atoms with Crippen molar-refractivity contribution in [2.45, 2.75) is 54.4 Å². The van der Waals surface area contributed by atoms with E-state index in [0.717, 1.165) is 0 Å². The van der Waals surface area contributed by atoms with Crippen molar-refractivity contribution < 1.29 is 0 Å². The molecule has 0 aromatic rings. The molecular weight excluding hydrogens is 144 g/mol. The van der Waals surface area contributed by atoms with Crippen LogP contribution in [0, 0.1) is 10.8 Å². The van der Waals surface area contributed by atoms with Gasteiger partial charge in [-0.05, 0) is 23.7 Å². The third kappa shape index (κ3) is 9.74. The molecule has 0 atom stereocenters. The van der Waals surface area contributed by atoms with Crippen LogP contribution in [0.5, 0.6) is 0 Å². The smallest absolute Gasteiger partial charge is 0.0302 e. The Kier molecular flexibility index (Phi) is 4.02. The van der Waals surface area contributed by atoms with Gasteiger partial charge < -0.3 is 0 Å². The second kappa shape index (κ2) is 4.11. The summed E-state index contributed by atoms with van der Waals surface area (Å²) in [5.74, 6) is 0. The Morgan fingerprint density at radius 3 is 1.08 bits per heavy atom. The molecule has 0 aliphatic carbocycles. The summed E-state index contributed by atoms with van der Waals surface area (Å²) in [4.78, 5) is 0. The highest BCUT2D eigenvalue weighted by Gasteiger charge is 2.08. The molecule has 0 unspecified atom stereocenters. The first-order valence-corrected chi connectivity index (χ1v) is 4.86. The van der Waals surface area contributed by atoms with E-state index in [9.17, 15) is 0 Å². The molecule has 0 aromatic heterocycles. The molecule has 12 heavy (non-hydrogen) atoms. The van der Waals surface area contributed by atoms with Crippen molar-refractivity contribution in [2.75, 3.05) is 0 Å². The third-order valence-corrected chi connectivity index (χ3v) is 1.63. The van der Waals surface area contributed by atoms with Gasteiger partial charge >= 0.3 is 0 Å². The van der Waals surface area contributed by atoms with E-state index in [1.807, 2.05) is 0 Å². The second-order valence-corrected chi connectivity index (χ2v) is 6.00. The van der Waals surface area contributed by atoms with Crippen LogP contribution in [0.2, 0.25) is 0 Å². The van der Waals surface area contributed by atoms with Crippen LogP contribution in [0.25, 0.3) is 0 Å². The Hall–Kier alpha value is -0.260. The van der Waals surface area contributed by atoms with E-state index >= 15 is 0 Å². The lowest BCUT2D eigenvalue weighted by Crippen LogP contribution is -2.04. The Balaban J connectivity index is 3.66. The number of allylic oxidation sites excluding steroid dienone is 2. The summed E-state index contributed by atoms with van der Waals surface area (Å²) < 4.78 is 0. The van der Waals surface area contributed by atoms with Gasteiger partial charge in [-0.15, -0.1) is 0 Å². The number of hydrogen-bond acceptors (Lipinski definition) is 0. The monoisotopic (exact) mass is 168 g/mol. The Labute approximate surface area is 78.1 Å². The molecule has 0 heteroatoms. The van der Waals surface area contributed by atoms with E-state index in [-0.39, 0.29) is 0 Å². The molecule has 72 valence electrons. The minimum absolute atomic E-state index is 0.439. The van der Waals surface area contributed by atoms with Crippen LogP contribution in [0.1, 0.15) is 54.4 Å². The highest BCUT2D eigenvalue weighted by molar-refractivity contribution is 4.88. The largest absolute Gasteiger partial charge is 0.0880 e. The van der Waals surface area contributed by atoms with Gasteiger partial charge in [-0.3, -0.25) is 0 Å². The van der Waals surface area contributed by atoms with Crippen LogP contribution in [0.3, 0.4) is 0 Å². The first-order chi connectivity index (χ1) is 5.21. The summed E-state index contributed by atoms with van der Waals surface area (Å²) in [6.45, 7) is 13.6. The quantitative estimate of drug-likeness (QED) is 0.536. The molecule has 0 aliphatic rings. The van der Waals surface area contributed by atoms with E-state index in [4.69, 9.17) is 0 Å². The lowest BCUT2D eigenvalue weighted by Gasteiger charge is -2.17. The molecule has 0 N–H and O–H groups in total. The molecule has 0 fully saturated rings. The zero-order chi connectivity index (χ0) is 9.83. The van der Waals surface area contributed by atoms with Crippen molar-refractivity contribution in [2.24, 2.45) is 10.8 Å². The van der Waals surface area contributed by atoms with Gasteiger partial charge in [0.1, 0.15) is 0 Å². The molecule has 0 spiro atoms. The fraction of sp³-hybridized carbons (Fsp3) is 0.833. The highest BCUT2D eigenvalue weighted by Crippen LogP contribution is 2.22. The van der Waals surface area contributed by atoms with Crippen LogP contribution in [0.15, 0.2) is 12.2 Å². The maximum absolute atomic E-state index is 2.31. The van der Waals surface area contributed by atoms with E-state index in [1.165, 1.54) is 12.8 Å². The van der Waals surface area contributed by atoms with Gasteiger partial charge in [-0.25, -0.2) is 0 Å². The molecule has 0 rings (SSSR count). The van der Waals surface area contributed by atoms with Gasteiger partial charge in [0.15, 0.2) is 0 Å². The predicted octanol–water partition coefficient (Wildman–Crippen LogP) is 4.42. The van der Waals surface area contributed by atoms with Gasteiger partial charge in [0, 0.05) is 0 Å². The number of rotatable bonds is 2. The molecule has 0 nitrogen and oxygen atoms in total. The lowest BCUT2D eigenvalue weighted by molar-refractivity contribution is 0.408. The van der Waals surface area contributed by atoms with Crippen molar-refractivity contribution in [3.8, 4) is 0 Å². The predicted molar refractivity (Wildman–Crippen MR) is 57.3 cm³/mol. The van der Waals surface area contributed by atoms with Crippen LogP contribution < -0.4 is 0 Å². The zero-order valence-electron chi connectivity index (χ0n) is 9.57. The summed E-state index contributed by atoms with van der Waals surface area (Å²) in [6, 6.07) is 0. The molecule has 0 aliphatic heterocycles. The van der Waals surface area contributed by atoms with Gasteiger partial charge in [0.2, 0.25) is 0 Å². The summed E-state index contributed by atoms with van der Waals surface area (Å²) in [5, 5.41) is 0. The van der Waals surface area contributed by atoms with Crippen LogP contribution >= 0.6 is 0 Å². The first kappa shape index (κ1) is 11.7. The van der Waals surface area contributed by atoms with Crippen molar-refractivity contribution in [1.29, 1.82) is 0 Å². The lowest BCUT2D eigenvalue weighted by atomic mass is 9.89. The van der Waals surface area contributed by atoms with Crippen molar-refractivity contribution in [3.63, 3.8) is 0 Å². The van der Waals surface area contributed by atoms with Crippen LogP contribution in [0.4, 0.5) is 0 Å². The summed E-state index contributed by atoms with van der Waals surface area (Å²) in [5.41, 5.74) is 0.878. The van der Waals surface area contributed by atoms with Gasteiger partial charge in [0.05, 0.1) is 0 Å². The van der Waals surface area contributed by atoms with Crippen molar-refractivity contribution in [1.82, 2.24) is 0 Å². The Morgan fingerprint density at radius 2 is 0.917 bits per heavy atom. The topological polar surface area (TPSA) is 0 Å². The minimum Gasteiger partial charge on any atom is -0.0880 e. The maximum Gasteiger partial charge on any atom is -0.0302 e. The average Bonchev–Trinajstić information content (AvgIpc) is 1.76. The molecule has 0 saturated carbocycles. The summed E-state index contributed by atoms with van der Waals surface area (Å²) >= 11 is 0. The summed E-state index contributed by atoms with van der Waals surface area (Å²) in [6.07, 6.45) is 6.99. The zero-order valence-corrected chi connectivity index (χ0v) is 9.57. The maximum atomic E-state index is 2.31. The average molecular weight is 168 g/mol. The SMILES string of the molecule is CC(C)(C)C/C=C\CC(C)(C)C. The Bertz CT molecular complexity index is 120. The van der Waals surface area contributed by atoms with E-state index < -0.39 is 0 Å². The van der Waals surface area contributed by atoms with Gasteiger partial charge in [-0.2, -0.15) is 0 Å². The van der Waals surface area contributed by atoms with E-state index in [0.29, 0.717) is 10.8 Å². The number of hydrogen-bond donors (Lipinski definition) is 0. The second-order valence-electron chi connectivity index (χ2n) is 6.00. The minimum atomic E-state index is 0.439. The standard InChI is InChI=1S/C12H24/c1-11(2,3)9-7-8-10-12(4,5)6/h7-8H,9-10H2,1-6H3/b8-7-. The first-order valence-electron chi connectivity index (χ1n) is 4.86. The molecule has 0 amide bonds. The third-order valence-electron chi connectivity index (χ3n) is 1.63. The van der Waals surface area contributed by atoms with Crippen molar-refractivity contribution in [3.05, 3.63) is 12.2 Å². The van der Waals surface area contributed by atoms with Crippen LogP contribution in [-0.2, 0) is 0 Å². The fourth-order valence-electron chi connectivity index (χ4n) is 0.874. The normalized spacial score (nSPS) is 14.2. The van der Waals surface area contributed by atoms with Gasteiger partial charge in [0.25, 0.3) is 0 Å². The summed E-state index contributed by atoms with van der Waals surface area (Å²) in [7, 11) is 0. The molecule has 0 aromatic carbocycles. The molecule has 0 saturated heterocycles. The Morgan fingerprint density at radius 1 is 0.667 bits per heavy atom. The molecular formula is C12H24. The van der Waals surface area contributed by atoms with Crippen molar-refractivity contribution >= 4 is 0 Å².